The molecular formula is C18H33N3O4Si. The van der Waals surface area contributed by atoms with Gasteiger partial charge in [-0.25, -0.2) is 9.48 Å². The summed E-state index contributed by atoms with van der Waals surface area (Å²) in [5.41, 5.74) is -0.330. The van der Waals surface area contributed by atoms with Crippen molar-refractivity contribution in [2.75, 3.05) is 6.61 Å². The molecule has 0 bridgehead atoms. The minimum absolute atomic E-state index is 0.00736. The highest BCUT2D eigenvalue weighted by Gasteiger charge is 2.25. The summed E-state index contributed by atoms with van der Waals surface area (Å²) in [6, 6.07) is 0.945. The summed E-state index contributed by atoms with van der Waals surface area (Å²) < 4.78 is 28.9. The summed E-state index contributed by atoms with van der Waals surface area (Å²) in [5.74, 6) is -1.18. The molecule has 0 aliphatic rings. The van der Waals surface area contributed by atoms with Gasteiger partial charge in [0.15, 0.2) is 5.69 Å². The van der Waals surface area contributed by atoms with Gasteiger partial charge < -0.3 is 14.8 Å². The Morgan fingerprint density at radius 1 is 1.31 bits per heavy atom. The van der Waals surface area contributed by atoms with Crippen molar-refractivity contribution in [3.63, 3.8) is 0 Å². The second-order valence-electron chi connectivity index (χ2n) is 8.48. The molecule has 1 aromatic rings. The van der Waals surface area contributed by atoms with Gasteiger partial charge in [0.2, 0.25) is 5.91 Å². The van der Waals surface area contributed by atoms with E-state index in [4.69, 9.17) is 12.2 Å². The lowest BCUT2D eigenvalue weighted by Crippen LogP contribution is -2.24. The number of hydrogen-bond acceptors (Lipinski definition) is 5. The Labute approximate surface area is 160 Å². The van der Waals surface area contributed by atoms with E-state index in [9.17, 15) is 9.59 Å². The maximum atomic E-state index is 12.5. The molecule has 0 aliphatic carbocycles. The van der Waals surface area contributed by atoms with Gasteiger partial charge in [-0.1, -0.05) is 19.6 Å². The molecule has 0 aromatic carbocycles. The van der Waals surface area contributed by atoms with Gasteiger partial charge in [0.25, 0.3) is 0 Å². The second kappa shape index (κ2) is 8.81. The zero-order chi connectivity index (χ0) is 21.9. The number of carbonyl (C=O) groups is 2. The first-order valence-corrected chi connectivity index (χ1v) is 12.4. The molecule has 26 heavy (non-hydrogen) atoms. The summed E-state index contributed by atoms with van der Waals surface area (Å²) in [5, 5.41) is 6.50. The van der Waals surface area contributed by atoms with Crippen LogP contribution < -0.4 is 5.32 Å². The number of aromatic nitrogens is 2. The van der Waals surface area contributed by atoms with Crippen molar-refractivity contribution in [3.8, 4) is 0 Å². The summed E-state index contributed by atoms with van der Waals surface area (Å²) in [7, 11) is -1.28. The molecule has 1 aromatic heterocycles. The zero-order valence-electron chi connectivity index (χ0n) is 19.1. The van der Waals surface area contributed by atoms with Gasteiger partial charge in [-0.3, -0.25) is 4.79 Å². The second-order valence-corrected chi connectivity index (χ2v) is 14.1. The number of nitrogens with one attached hydrogen (secondary N) is 1. The van der Waals surface area contributed by atoms with E-state index < -0.39 is 32.0 Å². The summed E-state index contributed by atoms with van der Waals surface area (Å²) in [6.07, 6.45) is 0. The summed E-state index contributed by atoms with van der Waals surface area (Å²) >= 11 is 0. The molecule has 1 rings (SSSR count). The van der Waals surface area contributed by atoms with Crippen LogP contribution in [-0.2, 0) is 27.5 Å². The van der Waals surface area contributed by atoms with E-state index in [0.29, 0.717) is 12.2 Å². The first kappa shape index (κ1) is 19.1. The smallest absolute Gasteiger partial charge is 0.359 e. The van der Waals surface area contributed by atoms with Crippen molar-refractivity contribution in [2.24, 2.45) is 0 Å². The predicted octanol–water partition coefficient (Wildman–Crippen LogP) is 3.10. The van der Waals surface area contributed by atoms with Gasteiger partial charge in [0.1, 0.15) is 12.3 Å². The first-order chi connectivity index (χ1) is 12.5. The highest BCUT2D eigenvalue weighted by molar-refractivity contribution is 6.76. The first-order valence-electron chi connectivity index (χ1n) is 9.71. The largest absolute Gasteiger partial charge is 0.455 e. The quantitative estimate of drug-likeness (QED) is 0.422. The van der Waals surface area contributed by atoms with Crippen molar-refractivity contribution >= 4 is 20.0 Å². The van der Waals surface area contributed by atoms with Crippen molar-refractivity contribution in [2.45, 2.75) is 79.1 Å². The maximum absolute atomic E-state index is 12.5. The number of rotatable bonds is 8. The Hall–Kier alpha value is -1.67. The van der Waals surface area contributed by atoms with Gasteiger partial charge >= 0.3 is 5.97 Å². The van der Waals surface area contributed by atoms with Crippen LogP contribution in [0.3, 0.4) is 0 Å². The Morgan fingerprint density at radius 3 is 2.42 bits per heavy atom. The van der Waals surface area contributed by atoms with Crippen molar-refractivity contribution < 1.29 is 21.8 Å². The Morgan fingerprint density at radius 2 is 1.92 bits per heavy atom. The highest BCUT2D eigenvalue weighted by Crippen LogP contribution is 2.18. The van der Waals surface area contributed by atoms with Crippen LogP contribution in [-0.4, -0.2) is 41.9 Å². The van der Waals surface area contributed by atoms with Gasteiger partial charge in [-0.2, -0.15) is 5.10 Å². The Kier molecular flexibility index (Phi) is 6.47. The average Bonchev–Trinajstić information content (AvgIpc) is 2.77. The Bertz CT molecular complexity index is 722. The lowest BCUT2D eigenvalue weighted by atomic mass is 10.1. The molecule has 1 N–H and O–H groups in total. The number of esters is 1. The summed E-state index contributed by atoms with van der Waals surface area (Å²) in [4.78, 5) is 24.0. The fourth-order valence-electron chi connectivity index (χ4n) is 2.00. The molecule has 0 aliphatic heterocycles. The van der Waals surface area contributed by atoms with Crippen molar-refractivity contribution in [1.82, 2.24) is 15.1 Å². The standard InChI is InChI=1S/C18H33N3O4Si/c1-13-15(11-19-14(2)22)21(12-24-9-10-26(6,7)8)20-16(13)17(23)25-18(3,4)5/h9-12H2,1-8H3,(H,19,22)/i11D2. The molecule has 8 heteroatoms. The molecule has 0 radical (unpaired) electrons. The van der Waals surface area contributed by atoms with E-state index in [-0.39, 0.29) is 18.1 Å². The number of carbonyl (C=O) groups excluding carboxylic acids is 2. The minimum Gasteiger partial charge on any atom is -0.455 e. The number of ether oxygens (including phenoxy) is 2. The third-order valence-corrected chi connectivity index (χ3v) is 5.05. The van der Waals surface area contributed by atoms with E-state index in [2.05, 4.69) is 30.1 Å². The monoisotopic (exact) mass is 385 g/mol. The molecule has 7 nitrogen and oxygen atoms in total. The van der Waals surface area contributed by atoms with Gasteiger partial charge in [-0.05, 0) is 33.7 Å². The van der Waals surface area contributed by atoms with Gasteiger partial charge in [0.05, 0.1) is 14.9 Å². The predicted molar refractivity (Wildman–Crippen MR) is 104 cm³/mol. The molecule has 0 saturated heterocycles. The third-order valence-electron chi connectivity index (χ3n) is 3.35. The molecule has 1 amide bonds. The summed E-state index contributed by atoms with van der Waals surface area (Å²) in [6.45, 7) is 13.0. The van der Waals surface area contributed by atoms with Gasteiger partial charge in [-0.15, -0.1) is 0 Å². The molecular weight excluding hydrogens is 350 g/mol. The maximum Gasteiger partial charge on any atom is 0.359 e. The van der Waals surface area contributed by atoms with Crippen LogP contribution >= 0.6 is 0 Å². The zero-order valence-corrected chi connectivity index (χ0v) is 18.1. The number of nitrogens with zero attached hydrogens (tertiary/aromatic N) is 2. The van der Waals surface area contributed by atoms with Gasteiger partial charge in [0, 0.05) is 27.2 Å². The number of hydrogen-bond donors (Lipinski definition) is 1. The molecule has 1 heterocycles. The van der Waals surface area contributed by atoms with Crippen LogP contribution in [0.4, 0.5) is 0 Å². The highest BCUT2D eigenvalue weighted by atomic mass is 28.3. The SMILES string of the molecule is [2H]C([2H])(NC(C)=O)c1c(C)c(C(=O)OC(C)(C)C)nn1COCC[Si](C)(C)C. The van der Waals surface area contributed by atoms with Crippen molar-refractivity contribution in [3.05, 3.63) is 17.0 Å². The molecule has 0 fully saturated rings. The lowest BCUT2D eigenvalue weighted by molar-refractivity contribution is -0.119. The Balaban J connectivity index is 3.21. The van der Waals surface area contributed by atoms with E-state index in [1.807, 2.05) is 0 Å². The lowest BCUT2D eigenvalue weighted by Gasteiger charge is -2.18. The van der Waals surface area contributed by atoms with Crippen LogP contribution in [0.25, 0.3) is 0 Å². The average molecular weight is 386 g/mol. The molecule has 0 unspecified atom stereocenters. The van der Waals surface area contributed by atoms with E-state index in [0.717, 1.165) is 6.04 Å². The van der Waals surface area contributed by atoms with E-state index >= 15 is 0 Å². The normalized spacial score (nSPS) is 13.8. The van der Waals surface area contributed by atoms with Crippen LogP contribution in [0, 0.1) is 6.92 Å². The van der Waals surface area contributed by atoms with Crippen LogP contribution in [0.2, 0.25) is 25.7 Å². The third kappa shape index (κ3) is 7.70. The van der Waals surface area contributed by atoms with Crippen LogP contribution in [0.15, 0.2) is 0 Å². The molecule has 0 atom stereocenters. The molecule has 148 valence electrons. The van der Waals surface area contributed by atoms with E-state index in [1.54, 1.807) is 27.7 Å². The topological polar surface area (TPSA) is 82.5 Å². The molecule has 0 saturated carbocycles. The van der Waals surface area contributed by atoms with E-state index in [1.165, 1.54) is 11.6 Å². The van der Waals surface area contributed by atoms with Crippen molar-refractivity contribution in [1.29, 1.82) is 0 Å². The minimum atomic E-state index is -2.22. The fraction of sp³-hybridized carbons (Fsp3) is 0.722. The van der Waals surface area contributed by atoms with Crippen LogP contribution in [0.5, 0.6) is 0 Å². The molecule has 0 spiro atoms. The fourth-order valence-corrected chi connectivity index (χ4v) is 2.76. The van der Waals surface area contributed by atoms with Crippen LogP contribution in [0.1, 0.15) is 52.2 Å². The number of amides is 1.